The zero-order valence-corrected chi connectivity index (χ0v) is 21.3. The fraction of sp³-hybridized carbons (Fsp3) is 0.133. The van der Waals surface area contributed by atoms with E-state index in [4.69, 9.17) is 15.5 Å². The molecule has 0 radical (unpaired) electrons. The van der Waals surface area contributed by atoms with Crippen LogP contribution in [0, 0.1) is 6.92 Å². The SMILES string of the molecule is CCc1ccc(NC(=O)c2sc3nc(-c4ccc(OC)cc4)cc(-c4ccc(C)cc4)c3c2N)cc1. The van der Waals surface area contributed by atoms with Crippen molar-refractivity contribution in [1.82, 2.24) is 4.98 Å². The number of aryl methyl sites for hydroxylation is 2. The standard InChI is InChI=1S/C30H27N3O2S/c1-4-19-7-13-22(14-8-19)32-29(34)28-27(31)26-24(20-9-5-18(2)6-10-20)17-25(33-30(26)36-28)21-11-15-23(35-3)16-12-21/h5-17H,4,31H2,1-3H3,(H,32,34). The van der Waals surface area contributed by atoms with Crippen LogP contribution in [0.4, 0.5) is 11.4 Å². The molecule has 5 rings (SSSR count). The topological polar surface area (TPSA) is 77.2 Å². The highest BCUT2D eigenvalue weighted by atomic mass is 32.1. The summed E-state index contributed by atoms with van der Waals surface area (Å²) in [6.45, 7) is 4.16. The Morgan fingerprint density at radius 1 is 0.972 bits per heavy atom. The van der Waals surface area contributed by atoms with E-state index >= 15 is 0 Å². The number of pyridine rings is 1. The molecule has 5 aromatic rings. The van der Waals surface area contributed by atoms with Gasteiger partial charge in [0.25, 0.3) is 5.91 Å². The molecule has 2 heterocycles. The van der Waals surface area contributed by atoms with Crippen LogP contribution in [0.3, 0.4) is 0 Å². The summed E-state index contributed by atoms with van der Waals surface area (Å²) >= 11 is 1.31. The van der Waals surface area contributed by atoms with Gasteiger partial charge >= 0.3 is 0 Å². The van der Waals surface area contributed by atoms with Gasteiger partial charge < -0.3 is 15.8 Å². The van der Waals surface area contributed by atoms with Gasteiger partial charge in [0.05, 0.1) is 18.5 Å². The second-order valence-electron chi connectivity index (χ2n) is 8.68. The molecule has 0 spiro atoms. The van der Waals surface area contributed by atoms with Crippen LogP contribution in [-0.2, 0) is 6.42 Å². The minimum Gasteiger partial charge on any atom is -0.497 e. The van der Waals surface area contributed by atoms with Crippen LogP contribution in [0.5, 0.6) is 5.75 Å². The van der Waals surface area contributed by atoms with Crippen molar-refractivity contribution in [1.29, 1.82) is 0 Å². The number of methoxy groups -OCH3 is 1. The van der Waals surface area contributed by atoms with E-state index in [9.17, 15) is 4.79 Å². The Labute approximate surface area is 214 Å². The summed E-state index contributed by atoms with van der Waals surface area (Å²) in [5.41, 5.74) is 13.9. The number of ether oxygens (including phenoxy) is 1. The molecule has 3 aromatic carbocycles. The van der Waals surface area contributed by atoms with Gasteiger partial charge in [-0.05, 0) is 72.5 Å². The van der Waals surface area contributed by atoms with Crippen molar-refractivity contribution < 1.29 is 9.53 Å². The van der Waals surface area contributed by atoms with Gasteiger partial charge in [0.1, 0.15) is 15.5 Å². The lowest BCUT2D eigenvalue weighted by Gasteiger charge is -2.10. The smallest absolute Gasteiger partial charge is 0.267 e. The monoisotopic (exact) mass is 493 g/mol. The fourth-order valence-electron chi connectivity index (χ4n) is 4.17. The highest BCUT2D eigenvalue weighted by Gasteiger charge is 2.22. The lowest BCUT2D eigenvalue weighted by molar-refractivity contribution is 0.103. The number of aromatic nitrogens is 1. The van der Waals surface area contributed by atoms with Crippen LogP contribution in [0.25, 0.3) is 32.6 Å². The predicted molar refractivity (Wildman–Crippen MR) is 150 cm³/mol. The summed E-state index contributed by atoms with van der Waals surface area (Å²) in [5.74, 6) is 0.547. The van der Waals surface area contributed by atoms with Gasteiger partial charge in [0.2, 0.25) is 0 Å². The molecule has 3 N–H and O–H groups in total. The number of rotatable bonds is 6. The summed E-state index contributed by atoms with van der Waals surface area (Å²) in [5, 5.41) is 3.79. The molecule has 0 bridgehead atoms. The van der Waals surface area contributed by atoms with E-state index in [1.165, 1.54) is 22.5 Å². The molecule has 36 heavy (non-hydrogen) atoms. The number of nitrogens with two attached hydrogens (primary N) is 1. The number of carbonyl (C=O) groups excluding carboxylic acids is 1. The molecule has 180 valence electrons. The molecule has 0 atom stereocenters. The van der Waals surface area contributed by atoms with E-state index < -0.39 is 0 Å². The van der Waals surface area contributed by atoms with E-state index in [2.05, 4.69) is 43.4 Å². The molecular weight excluding hydrogens is 466 g/mol. The van der Waals surface area contributed by atoms with Gasteiger partial charge in [-0.1, -0.05) is 48.9 Å². The Hall–Kier alpha value is -4.16. The molecule has 2 aromatic heterocycles. The average Bonchev–Trinajstić information content (AvgIpc) is 3.25. The van der Waals surface area contributed by atoms with Gasteiger partial charge in [0.15, 0.2) is 0 Å². The van der Waals surface area contributed by atoms with Crippen molar-refractivity contribution in [2.75, 3.05) is 18.2 Å². The number of benzene rings is 3. The summed E-state index contributed by atoms with van der Waals surface area (Å²) < 4.78 is 5.31. The normalized spacial score (nSPS) is 11.0. The van der Waals surface area contributed by atoms with Crippen LogP contribution in [0.2, 0.25) is 0 Å². The highest BCUT2D eigenvalue weighted by Crippen LogP contribution is 2.41. The molecule has 0 aliphatic rings. The molecule has 0 saturated heterocycles. The average molecular weight is 494 g/mol. The second kappa shape index (κ2) is 9.84. The first-order valence-corrected chi connectivity index (χ1v) is 12.6. The first-order chi connectivity index (χ1) is 17.5. The Bertz CT molecular complexity index is 1540. The third kappa shape index (κ3) is 4.55. The number of thiophene rings is 1. The summed E-state index contributed by atoms with van der Waals surface area (Å²) in [4.78, 5) is 19.4. The number of carbonyl (C=O) groups is 1. The lowest BCUT2D eigenvalue weighted by atomic mass is 9.98. The van der Waals surface area contributed by atoms with Crippen molar-refractivity contribution in [3.8, 4) is 28.1 Å². The van der Waals surface area contributed by atoms with Crippen LogP contribution in [-0.4, -0.2) is 18.0 Å². The van der Waals surface area contributed by atoms with Crippen molar-refractivity contribution in [2.45, 2.75) is 20.3 Å². The lowest BCUT2D eigenvalue weighted by Crippen LogP contribution is -2.11. The van der Waals surface area contributed by atoms with E-state index in [1.54, 1.807) is 7.11 Å². The fourth-order valence-corrected chi connectivity index (χ4v) is 5.19. The van der Waals surface area contributed by atoms with Crippen molar-refractivity contribution in [2.24, 2.45) is 0 Å². The predicted octanol–water partition coefficient (Wildman–Crippen LogP) is 7.34. The highest BCUT2D eigenvalue weighted by molar-refractivity contribution is 7.21. The first-order valence-electron chi connectivity index (χ1n) is 11.8. The van der Waals surface area contributed by atoms with Crippen LogP contribution >= 0.6 is 11.3 Å². The number of anilines is 2. The second-order valence-corrected chi connectivity index (χ2v) is 9.68. The molecule has 6 heteroatoms. The van der Waals surface area contributed by atoms with E-state index in [0.29, 0.717) is 10.6 Å². The molecule has 0 aliphatic heterocycles. The largest absolute Gasteiger partial charge is 0.497 e. The van der Waals surface area contributed by atoms with Crippen LogP contribution < -0.4 is 15.8 Å². The molecular formula is C30H27N3O2S. The molecule has 0 fully saturated rings. The number of hydrogen-bond acceptors (Lipinski definition) is 5. The number of nitrogens with one attached hydrogen (secondary N) is 1. The Kier molecular flexibility index (Phi) is 6.44. The minimum atomic E-state index is -0.236. The molecule has 5 nitrogen and oxygen atoms in total. The van der Waals surface area contributed by atoms with Gasteiger partial charge in [-0.25, -0.2) is 4.98 Å². The maximum atomic E-state index is 13.3. The number of fused-ring (bicyclic) bond motifs is 1. The number of amides is 1. The summed E-state index contributed by atoms with van der Waals surface area (Å²) in [6, 6.07) is 26.0. The Morgan fingerprint density at radius 3 is 2.28 bits per heavy atom. The molecule has 0 aliphatic carbocycles. The van der Waals surface area contributed by atoms with Crippen LogP contribution in [0.1, 0.15) is 27.7 Å². The quantitative estimate of drug-likeness (QED) is 0.259. The molecule has 1 amide bonds. The van der Waals surface area contributed by atoms with E-state index in [1.807, 2.05) is 54.6 Å². The maximum absolute atomic E-state index is 13.3. The van der Waals surface area contributed by atoms with Gasteiger partial charge in [-0.2, -0.15) is 0 Å². The number of nitrogens with zero attached hydrogens (tertiary/aromatic N) is 1. The zero-order valence-electron chi connectivity index (χ0n) is 20.5. The van der Waals surface area contributed by atoms with Gasteiger partial charge in [0, 0.05) is 16.6 Å². The van der Waals surface area contributed by atoms with Gasteiger partial charge in [-0.3, -0.25) is 4.79 Å². The van der Waals surface area contributed by atoms with E-state index in [0.717, 1.165) is 50.5 Å². The maximum Gasteiger partial charge on any atom is 0.267 e. The first kappa shape index (κ1) is 23.6. The third-order valence-electron chi connectivity index (χ3n) is 6.27. The summed E-state index contributed by atoms with van der Waals surface area (Å²) in [6.07, 6.45) is 0.946. The van der Waals surface area contributed by atoms with Gasteiger partial charge in [-0.15, -0.1) is 11.3 Å². The number of nitrogen functional groups attached to an aromatic ring is 1. The zero-order chi connectivity index (χ0) is 25.2. The van der Waals surface area contributed by atoms with E-state index in [-0.39, 0.29) is 5.91 Å². The Morgan fingerprint density at radius 2 is 1.64 bits per heavy atom. The number of hydrogen-bond donors (Lipinski definition) is 2. The van der Waals surface area contributed by atoms with Crippen molar-refractivity contribution in [3.05, 3.63) is 94.9 Å². The van der Waals surface area contributed by atoms with Crippen LogP contribution in [0.15, 0.2) is 78.9 Å². The molecule has 0 unspecified atom stereocenters. The third-order valence-corrected chi connectivity index (χ3v) is 7.37. The summed E-state index contributed by atoms with van der Waals surface area (Å²) in [7, 11) is 1.65. The van der Waals surface area contributed by atoms with Crippen molar-refractivity contribution >= 4 is 38.8 Å². The van der Waals surface area contributed by atoms with Crippen molar-refractivity contribution in [3.63, 3.8) is 0 Å². The Balaban J connectivity index is 1.62. The minimum absolute atomic E-state index is 0.236. The molecule has 0 saturated carbocycles.